The third-order valence-corrected chi connectivity index (χ3v) is 3.92. The van der Waals surface area contributed by atoms with E-state index in [-0.39, 0.29) is 5.92 Å². The number of ether oxygens (including phenoxy) is 1. The number of hydrogen-bond donors (Lipinski definition) is 2. The molecule has 0 aliphatic carbocycles. The van der Waals surface area contributed by atoms with Crippen molar-refractivity contribution < 1.29 is 14.6 Å². The fraction of sp³-hybridized carbons (Fsp3) is 0.556. The van der Waals surface area contributed by atoms with E-state index >= 15 is 0 Å². The van der Waals surface area contributed by atoms with Crippen LogP contribution in [-0.2, 0) is 11.3 Å². The molecule has 0 bridgehead atoms. The average molecular weight is 333 g/mol. The molecule has 0 radical (unpaired) electrons. The molecule has 1 aliphatic heterocycles. The number of rotatable bonds is 4. The molecule has 1 saturated heterocycles. The standard InChI is InChI=1S/C18H27N3O3/c1-13(22)15-6-9-21(10-7-15)12-14-5-8-19-16(11-14)20-17(23)24-18(2,3)4/h5,8,11,15,22H,1,6-7,9-10,12H2,2-4H3,(H,19,20,23). The number of anilines is 1. The van der Waals surface area contributed by atoms with Crippen LogP contribution in [0.1, 0.15) is 39.2 Å². The lowest BCUT2D eigenvalue weighted by atomic mass is 9.95. The molecule has 6 heteroatoms. The molecule has 2 N–H and O–H groups in total. The van der Waals surface area contributed by atoms with Crippen LogP contribution in [0, 0.1) is 5.92 Å². The van der Waals surface area contributed by atoms with E-state index in [1.807, 2.05) is 32.9 Å². The number of carbonyl (C=O) groups excluding carboxylic acids is 1. The number of hydrogen-bond acceptors (Lipinski definition) is 5. The minimum Gasteiger partial charge on any atom is -0.513 e. The molecule has 24 heavy (non-hydrogen) atoms. The predicted octanol–water partition coefficient (Wildman–Crippen LogP) is 3.71. The quantitative estimate of drug-likeness (QED) is 0.822. The van der Waals surface area contributed by atoms with Crippen LogP contribution in [0.4, 0.5) is 10.6 Å². The smallest absolute Gasteiger partial charge is 0.413 e. The van der Waals surface area contributed by atoms with Crippen molar-refractivity contribution >= 4 is 11.9 Å². The molecular formula is C18H27N3O3. The van der Waals surface area contributed by atoms with Crippen molar-refractivity contribution in [2.24, 2.45) is 5.92 Å². The Balaban J connectivity index is 1.89. The summed E-state index contributed by atoms with van der Waals surface area (Å²) < 4.78 is 5.23. The van der Waals surface area contributed by atoms with Crippen molar-refractivity contribution in [2.75, 3.05) is 18.4 Å². The number of pyridine rings is 1. The van der Waals surface area contributed by atoms with E-state index in [4.69, 9.17) is 4.74 Å². The first kappa shape index (κ1) is 18.3. The van der Waals surface area contributed by atoms with E-state index < -0.39 is 11.7 Å². The maximum atomic E-state index is 11.8. The molecule has 2 heterocycles. The first-order chi connectivity index (χ1) is 11.2. The number of nitrogens with one attached hydrogen (secondary N) is 1. The topological polar surface area (TPSA) is 74.7 Å². The lowest BCUT2D eigenvalue weighted by molar-refractivity contribution is 0.0635. The maximum Gasteiger partial charge on any atom is 0.413 e. The number of piperidine rings is 1. The summed E-state index contributed by atoms with van der Waals surface area (Å²) in [6.07, 6.45) is 3.02. The molecule has 0 spiro atoms. The van der Waals surface area contributed by atoms with Gasteiger partial charge in [-0.25, -0.2) is 9.78 Å². The van der Waals surface area contributed by atoms with E-state index in [0.29, 0.717) is 11.6 Å². The molecule has 132 valence electrons. The van der Waals surface area contributed by atoms with Crippen LogP contribution < -0.4 is 5.32 Å². The zero-order valence-electron chi connectivity index (χ0n) is 14.7. The summed E-state index contributed by atoms with van der Waals surface area (Å²) in [6.45, 7) is 11.7. The van der Waals surface area contributed by atoms with E-state index in [1.165, 1.54) is 0 Å². The van der Waals surface area contributed by atoms with Gasteiger partial charge in [-0.2, -0.15) is 0 Å². The van der Waals surface area contributed by atoms with E-state index in [0.717, 1.165) is 38.0 Å². The Bertz CT molecular complexity index is 587. The summed E-state index contributed by atoms with van der Waals surface area (Å²) in [7, 11) is 0. The van der Waals surface area contributed by atoms with Gasteiger partial charge in [0.2, 0.25) is 0 Å². The lowest BCUT2D eigenvalue weighted by Crippen LogP contribution is -2.33. The largest absolute Gasteiger partial charge is 0.513 e. The Labute approximate surface area is 143 Å². The normalized spacial score (nSPS) is 16.6. The number of aromatic nitrogens is 1. The molecule has 1 fully saturated rings. The number of likely N-dealkylation sites (tertiary alicyclic amines) is 1. The summed E-state index contributed by atoms with van der Waals surface area (Å²) in [6, 6.07) is 3.80. The molecule has 1 amide bonds. The highest BCUT2D eigenvalue weighted by atomic mass is 16.6. The van der Waals surface area contributed by atoms with Gasteiger partial charge in [-0.05, 0) is 64.4 Å². The van der Waals surface area contributed by atoms with Crippen molar-refractivity contribution in [1.82, 2.24) is 9.88 Å². The molecular weight excluding hydrogens is 306 g/mol. The van der Waals surface area contributed by atoms with Gasteiger partial charge in [0.1, 0.15) is 11.4 Å². The Morgan fingerprint density at radius 1 is 1.46 bits per heavy atom. The Hall–Kier alpha value is -2.08. The molecule has 6 nitrogen and oxygen atoms in total. The van der Waals surface area contributed by atoms with Gasteiger partial charge in [0.15, 0.2) is 0 Å². The van der Waals surface area contributed by atoms with Gasteiger partial charge in [0.05, 0.1) is 5.76 Å². The number of amides is 1. The average Bonchev–Trinajstić information content (AvgIpc) is 2.46. The second-order valence-corrected chi connectivity index (χ2v) is 7.22. The molecule has 1 aliphatic rings. The molecule has 0 atom stereocenters. The van der Waals surface area contributed by atoms with Gasteiger partial charge < -0.3 is 9.84 Å². The zero-order valence-corrected chi connectivity index (χ0v) is 14.7. The van der Waals surface area contributed by atoms with Crippen LogP contribution in [0.15, 0.2) is 30.7 Å². The van der Waals surface area contributed by atoms with Crippen LogP contribution in [0.5, 0.6) is 0 Å². The molecule has 1 aromatic rings. The van der Waals surface area contributed by atoms with Gasteiger partial charge in [0.25, 0.3) is 0 Å². The molecule has 1 aromatic heterocycles. The van der Waals surface area contributed by atoms with E-state index in [9.17, 15) is 9.90 Å². The summed E-state index contributed by atoms with van der Waals surface area (Å²) >= 11 is 0. The number of aliphatic hydroxyl groups excluding tert-OH is 1. The molecule has 0 saturated carbocycles. The number of carbonyl (C=O) groups is 1. The summed E-state index contributed by atoms with van der Waals surface area (Å²) in [5.41, 5.74) is 0.542. The van der Waals surface area contributed by atoms with E-state index in [1.54, 1.807) is 6.20 Å². The third kappa shape index (κ3) is 5.85. The Kier molecular flexibility index (Phi) is 5.83. The van der Waals surface area contributed by atoms with Crippen molar-refractivity contribution in [3.05, 3.63) is 36.2 Å². The van der Waals surface area contributed by atoms with Gasteiger partial charge in [-0.15, -0.1) is 0 Å². The van der Waals surface area contributed by atoms with Gasteiger partial charge in [-0.3, -0.25) is 10.2 Å². The summed E-state index contributed by atoms with van der Waals surface area (Å²) in [4.78, 5) is 18.3. The van der Waals surface area contributed by atoms with Gasteiger partial charge in [-0.1, -0.05) is 6.58 Å². The van der Waals surface area contributed by atoms with E-state index in [2.05, 4.69) is 21.8 Å². The van der Waals surface area contributed by atoms with Crippen molar-refractivity contribution in [3.63, 3.8) is 0 Å². The summed E-state index contributed by atoms with van der Waals surface area (Å²) in [5, 5.41) is 12.1. The number of allylic oxidation sites excluding steroid dienone is 1. The van der Waals surface area contributed by atoms with Crippen LogP contribution in [0.2, 0.25) is 0 Å². The van der Waals surface area contributed by atoms with Crippen molar-refractivity contribution in [3.8, 4) is 0 Å². The monoisotopic (exact) mass is 333 g/mol. The highest BCUT2D eigenvalue weighted by Gasteiger charge is 2.21. The number of aliphatic hydroxyl groups is 1. The minimum absolute atomic E-state index is 0.211. The number of nitrogens with zero attached hydrogens (tertiary/aromatic N) is 2. The fourth-order valence-electron chi connectivity index (χ4n) is 2.73. The minimum atomic E-state index is -0.539. The Morgan fingerprint density at radius 3 is 2.71 bits per heavy atom. The third-order valence-electron chi connectivity index (χ3n) is 3.92. The van der Waals surface area contributed by atoms with Crippen molar-refractivity contribution in [1.29, 1.82) is 0 Å². The second-order valence-electron chi connectivity index (χ2n) is 7.22. The molecule has 0 aromatic carbocycles. The van der Waals surface area contributed by atoms with Crippen LogP contribution in [0.25, 0.3) is 0 Å². The summed E-state index contributed by atoms with van der Waals surface area (Å²) in [5.74, 6) is 0.992. The lowest BCUT2D eigenvalue weighted by Gasteiger charge is -2.31. The first-order valence-electron chi connectivity index (χ1n) is 8.28. The predicted molar refractivity (Wildman–Crippen MR) is 93.9 cm³/mol. The highest BCUT2D eigenvalue weighted by molar-refractivity contribution is 5.83. The second kappa shape index (κ2) is 7.66. The Morgan fingerprint density at radius 2 is 2.12 bits per heavy atom. The van der Waals surface area contributed by atoms with Gasteiger partial charge >= 0.3 is 6.09 Å². The van der Waals surface area contributed by atoms with Crippen LogP contribution >= 0.6 is 0 Å². The SMILES string of the molecule is C=C(O)C1CCN(Cc2ccnc(NC(=O)OC(C)(C)C)c2)CC1. The molecule has 2 rings (SSSR count). The zero-order chi connectivity index (χ0) is 17.7. The van der Waals surface area contributed by atoms with Crippen molar-refractivity contribution in [2.45, 2.75) is 45.8 Å². The van der Waals surface area contributed by atoms with Gasteiger partial charge in [0, 0.05) is 18.7 Å². The van der Waals surface area contributed by atoms with Crippen LogP contribution in [0.3, 0.4) is 0 Å². The highest BCUT2D eigenvalue weighted by Crippen LogP contribution is 2.23. The first-order valence-corrected chi connectivity index (χ1v) is 8.28. The fourth-order valence-corrected chi connectivity index (χ4v) is 2.73. The maximum absolute atomic E-state index is 11.8. The van der Waals surface area contributed by atoms with Crippen LogP contribution in [-0.4, -0.2) is 39.8 Å². The molecule has 0 unspecified atom stereocenters.